The van der Waals surface area contributed by atoms with Crippen LogP contribution in [0.15, 0.2) is 65.4 Å². The molecule has 3 aromatic rings. The fourth-order valence-electron chi connectivity index (χ4n) is 3.43. The second kappa shape index (κ2) is 6.97. The van der Waals surface area contributed by atoms with Crippen molar-refractivity contribution in [2.75, 3.05) is 13.1 Å². The van der Waals surface area contributed by atoms with Crippen LogP contribution in [0.2, 0.25) is 0 Å². The maximum absolute atomic E-state index is 5.21. The quantitative estimate of drug-likeness (QED) is 0.725. The van der Waals surface area contributed by atoms with Crippen LogP contribution in [0.3, 0.4) is 0 Å². The molecule has 1 aromatic carbocycles. The van der Waals surface area contributed by atoms with Crippen molar-refractivity contribution in [1.82, 2.24) is 15.0 Å². The van der Waals surface area contributed by atoms with E-state index in [0.29, 0.717) is 5.92 Å². The Morgan fingerprint density at radius 1 is 0.958 bits per heavy atom. The highest BCUT2D eigenvalue weighted by Crippen LogP contribution is 2.30. The minimum Gasteiger partial charge on any atom is -0.360 e. The summed E-state index contributed by atoms with van der Waals surface area (Å²) in [5.74, 6) is 1.60. The second-order valence-corrected chi connectivity index (χ2v) is 6.37. The molecular weight excluding hydrogens is 298 g/mol. The molecular formula is C20H21N3O. The molecule has 0 amide bonds. The van der Waals surface area contributed by atoms with E-state index in [1.807, 2.05) is 24.4 Å². The van der Waals surface area contributed by atoms with E-state index in [1.54, 1.807) is 6.20 Å². The average Bonchev–Trinajstić information content (AvgIpc) is 3.16. The van der Waals surface area contributed by atoms with E-state index in [1.165, 1.54) is 24.0 Å². The smallest absolute Gasteiger partial charge is 0.150 e. The highest BCUT2D eigenvalue weighted by Gasteiger charge is 2.21. The Morgan fingerprint density at radius 2 is 1.79 bits per heavy atom. The molecule has 24 heavy (non-hydrogen) atoms. The molecule has 1 aliphatic heterocycles. The van der Waals surface area contributed by atoms with Crippen molar-refractivity contribution >= 4 is 0 Å². The Bertz CT molecular complexity index is 745. The van der Waals surface area contributed by atoms with Gasteiger partial charge in [-0.2, -0.15) is 0 Å². The summed E-state index contributed by atoms with van der Waals surface area (Å²) in [6.45, 7) is 3.08. The molecule has 0 aliphatic carbocycles. The molecule has 0 radical (unpaired) electrons. The third-order valence-electron chi connectivity index (χ3n) is 4.80. The standard InChI is InChI=1S/C20H21N3O/c1-2-11-21-20(3-1)18-6-4-16(5-7-18)17-9-13-23(14-10-17)15-19-8-12-22-24-19/h1-8,11-12,17H,9-10,13-15H2. The number of hydrogen-bond donors (Lipinski definition) is 0. The molecule has 1 fully saturated rings. The Kier molecular flexibility index (Phi) is 4.38. The molecule has 0 N–H and O–H groups in total. The summed E-state index contributed by atoms with van der Waals surface area (Å²) in [7, 11) is 0. The van der Waals surface area contributed by atoms with Gasteiger partial charge in [0.15, 0.2) is 5.76 Å². The van der Waals surface area contributed by atoms with Gasteiger partial charge in [-0.1, -0.05) is 35.5 Å². The number of aromatic nitrogens is 2. The topological polar surface area (TPSA) is 42.2 Å². The predicted molar refractivity (Wildman–Crippen MR) is 93.4 cm³/mol. The summed E-state index contributed by atoms with van der Waals surface area (Å²) in [4.78, 5) is 6.86. The van der Waals surface area contributed by atoms with E-state index in [4.69, 9.17) is 4.52 Å². The van der Waals surface area contributed by atoms with Gasteiger partial charge in [-0.15, -0.1) is 0 Å². The lowest BCUT2D eigenvalue weighted by Crippen LogP contribution is -2.32. The van der Waals surface area contributed by atoms with Crippen LogP contribution < -0.4 is 0 Å². The summed E-state index contributed by atoms with van der Waals surface area (Å²) in [5, 5.41) is 3.78. The van der Waals surface area contributed by atoms with Gasteiger partial charge >= 0.3 is 0 Å². The molecule has 0 spiro atoms. The Labute approximate surface area is 142 Å². The number of likely N-dealkylation sites (tertiary alicyclic amines) is 1. The van der Waals surface area contributed by atoms with Crippen LogP contribution in [-0.4, -0.2) is 28.1 Å². The molecule has 4 rings (SSSR count). The molecule has 4 nitrogen and oxygen atoms in total. The van der Waals surface area contributed by atoms with Crippen molar-refractivity contribution in [1.29, 1.82) is 0 Å². The number of benzene rings is 1. The minimum atomic E-state index is 0.647. The summed E-state index contributed by atoms with van der Waals surface area (Å²) >= 11 is 0. The summed E-state index contributed by atoms with van der Waals surface area (Å²) in [6.07, 6.45) is 5.94. The lowest BCUT2D eigenvalue weighted by Gasteiger charge is -2.31. The van der Waals surface area contributed by atoms with Gasteiger partial charge in [-0.25, -0.2) is 0 Å². The highest BCUT2D eigenvalue weighted by atomic mass is 16.5. The minimum absolute atomic E-state index is 0.647. The van der Waals surface area contributed by atoms with Crippen molar-refractivity contribution in [2.24, 2.45) is 0 Å². The van der Waals surface area contributed by atoms with Crippen LogP contribution in [0.1, 0.15) is 30.1 Å². The Morgan fingerprint density at radius 3 is 2.46 bits per heavy atom. The summed E-state index contributed by atoms with van der Waals surface area (Å²) < 4.78 is 5.21. The molecule has 0 bridgehead atoms. The fraction of sp³-hybridized carbons (Fsp3) is 0.300. The zero-order valence-corrected chi connectivity index (χ0v) is 13.6. The first-order valence-corrected chi connectivity index (χ1v) is 8.52. The fourth-order valence-corrected chi connectivity index (χ4v) is 3.43. The maximum Gasteiger partial charge on any atom is 0.150 e. The first-order chi connectivity index (χ1) is 11.9. The van der Waals surface area contributed by atoms with Gasteiger partial charge in [0.05, 0.1) is 18.4 Å². The van der Waals surface area contributed by atoms with E-state index < -0.39 is 0 Å². The van der Waals surface area contributed by atoms with Gasteiger partial charge in [0.1, 0.15) is 0 Å². The van der Waals surface area contributed by atoms with Crippen LogP contribution in [0, 0.1) is 0 Å². The monoisotopic (exact) mass is 319 g/mol. The molecule has 122 valence electrons. The first kappa shape index (κ1) is 15.1. The van der Waals surface area contributed by atoms with Gasteiger partial charge in [0.2, 0.25) is 0 Å². The number of pyridine rings is 1. The van der Waals surface area contributed by atoms with Gasteiger partial charge in [-0.3, -0.25) is 9.88 Å². The molecule has 4 heteroatoms. The van der Waals surface area contributed by atoms with E-state index >= 15 is 0 Å². The van der Waals surface area contributed by atoms with Crippen LogP contribution >= 0.6 is 0 Å². The maximum atomic E-state index is 5.21. The molecule has 3 heterocycles. The number of rotatable bonds is 4. The van der Waals surface area contributed by atoms with Gasteiger partial charge in [-0.05, 0) is 49.5 Å². The normalized spacial score (nSPS) is 16.3. The van der Waals surface area contributed by atoms with Crippen LogP contribution in [-0.2, 0) is 6.54 Å². The lowest BCUT2D eigenvalue weighted by atomic mass is 9.89. The Hall–Kier alpha value is -2.46. The van der Waals surface area contributed by atoms with Crippen molar-refractivity contribution in [3.8, 4) is 11.3 Å². The van der Waals surface area contributed by atoms with E-state index in [2.05, 4.69) is 45.4 Å². The van der Waals surface area contributed by atoms with E-state index in [0.717, 1.165) is 31.1 Å². The highest BCUT2D eigenvalue weighted by molar-refractivity contribution is 5.59. The Balaban J connectivity index is 1.37. The van der Waals surface area contributed by atoms with Crippen LogP contribution in [0.25, 0.3) is 11.3 Å². The zero-order valence-electron chi connectivity index (χ0n) is 13.6. The molecule has 0 unspecified atom stereocenters. The number of nitrogens with zero attached hydrogens (tertiary/aromatic N) is 3. The second-order valence-electron chi connectivity index (χ2n) is 6.37. The lowest BCUT2D eigenvalue weighted by molar-refractivity contribution is 0.184. The predicted octanol–water partition coefficient (Wildman–Crippen LogP) is 4.12. The molecule has 0 atom stereocenters. The SMILES string of the molecule is c1ccc(-c2ccc(C3CCN(Cc4ccno4)CC3)cc2)nc1. The summed E-state index contributed by atoms with van der Waals surface area (Å²) in [5.41, 5.74) is 3.65. The van der Waals surface area contributed by atoms with Gasteiger partial charge < -0.3 is 4.52 Å². The first-order valence-electron chi connectivity index (χ1n) is 8.52. The molecule has 1 aliphatic rings. The van der Waals surface area contributed by atoms with E-state index in [-0.39, 0.29) is 0 Å². The zero-order chi connectivity index (χ0) is 16.2. The van der Waals surface area contributed by atoms with Crippen LogP contribution in [0.4, 0.5) is 0 Å². The largest absolute Gasteiger partial charge is 0.360 e. The molecule has 2 aromatic heterocycles. The van der Waals surface area contributed by atoms with Crippen LogP contribution in [0.5, 0.6) is 0 Å². The molecule has 1 saturated heterocycles. The van der Waals surface area contributed by atoms with Crippen molar-refractivity contribution in [3.05, 3.63) is 72.2 Å². The van der Waals surface area contributed by atoms with E-state index in [9.17, 15) is 0 Å². The number of piperidine rings is 1. The van der Waals surface area contributed by atoms with Gasteiger partial charge in [0.25, 0.3) is 0 Å². The van der Waals surface area contributed by atoms with Crippen molar-refractivity contribution < 1.29 is 4.52 Å². The summed E-state index contributed by atoms with van der Waals surface area (Å²) in [6, 6.07) is 16.9. The molecule has 0 saturated carbocycles. The average molecular weight is 319 g/mol. The third-order valence-corrected chi connectivity index (χ3v) is 4.80. The van der Waals surface area contributed by atoms with Crippen molar-refractivity contribution in [3.63, 3.8) is 0 Å². The van der Waals surface area contributed by atoms with Gasteiger partial charge in [0, 0.05) is 17.8 Å². The van der Waals surface area contributed by atoms with Crippen molar-refractivity contribution in [2.45, 2.75) is 25.3 Å². The number of hydrogen-bond acceptors (Lipinski definition) is 4. The third kappa shape index (κ3) is 3.39.